The molecule has 10 heteroatoms. The van der Waals surface area contributed by atoms with Gasteiger partial charge in [-0.05, 0) is 67.6 Å². The second-order valence-corrected chi connectivity index (χ2v) is 10.4. The highest BCUT2D eigenvalue weighted by atomic mass is 19.1. The summed E-state index contributed by atoms with van der Waals surface area (Å²) in [5.74, 6) is -3.97. The summed E-state index contributed by atoms with van der Waals surface area (Å²) in [6.45, 7) is 4.10. The van der Waals surface area contributed by atoms with Crippen molar-refractivity contribution in [1.29, 1.82) is 0 Å². The Morgan fingerprint density at radius 2 is 1.97 bits per heavy atom. The molecule has 3 aliphatic rings. The Hall–Kier alpha value is -2.98. The lowest BCUT2D eigenvalue weighted by Gasteiger charge is -2.43. The third-order valence-corrected chi connectivity index (χ3v) is 7.86. The van der Waals surface area contributed by atoms with Gasteiger partial charge in [-0.25, -0.2) is 9.18 Å². The SMILES string of the molecule is CCCC1=C2[C@@H](CC/C(=C/c3ccc(O)c(F)c3)CCC)OB(O)C[C@@H]2[C@@H]2C(=O)N(C(=O)OC)C(=O)[C@@H]2C1. The van der Waals surface area contributed by atoms with E-state index in [2.05, 4.69) is 6.92 Å². The fraction of sp³-hybridized carbons (Fsp3) is 0.536. The number of carbonyl (C=O) groups is 3. The van der Waals surface area contributed by atoms with E-state index in [0.717, 1.165) is 49.5 Å². The summed E-state index contributed by atoms with van der Waals surface area (Å²) in [4.78, 5) is 39.2. The van der Waals surface area contributed by atoms with Crippen LogP contribution in [0, 0.1) is 23.6 Å². The molecule has 0 saturated carbocycles. The van der Waals surface area contributed by atoms with Gasteiger partial charge in [0, 0.05) is 0 Å². The summed E-state index contributed by atoms with van der Waals surface area (Å²) in [5.41, 5.74) is 3.76. The lowest BCUT2D eigenvalue weighted by Crippen LogP contribution is -2.46. The number of allylic oxidation sites excluding steroid dienone is 2. The summed E-state index contributed by atoms with van der Waals surface area (Å²) in [6.07, 6.45) is 5.46. The van der Waals surface area contributed by atoms with Crippen molar-refractivity contribution < 1.29 is 38.3 Å². The first-order valence-corrected chi connectivity index (χ1v) is 13.4. The molecule has 0 spiro atoms. The van der Waals surface area contributed by atoms with E-state index in [1.165, 1.54) is 12.1 Å². The quantitative estimate of drug-likeness (QED) is 0.282. The zero-order valence-electron chi connectivity index (χ0n) is 22.1. The van der Waals surface area contributed by atoms with Crippen molar-refractivity contribution in [2.24, 2.45) is 17.8 Å². The van der Waals surface area contributed by atoms with E-state index in [4.69, 9.17) is 9.39 Å². The van der Waals surface area contributed by atoms with Crippen molar-refractivity contribution in [3.63, 3.8) is 0 Å². The van der Waals surface area contributed by atoms with Crippen LogP contribution in [0.25, 0.3) is 6.08 Å². The number of imide groups is 3. The smallest absolute Gasteiger partial charge is 0.455 e. The van der Waals surface area contributed by atoms with E-state index in [-0.39, 0.29) is 6.32 Å². The van der Waals surface area contributed by atoms with E-state index in [1.54, 1.807) is 6.07 Å². The third-order valence-electron chi connectivity index (χ3n) is 7.86. The fourth-order valence-corrected chi connectivity index (χ4v) is 6.33. The van der Waals surface area contributed by atoms with Crippen LogP contribution in [0.15, 0.2) is 34.9 Å². The maximum Gasteiger partial charge on any atom is 0.455 e. The lowest BCUT2D eigenvalue weighted by molar-refractivity contribution is -0.137. The number of ether oxygens (including phenoxy) is 1. The third kappa shape index (κ3) is 5.42. The van der Waals surface area contributed by atoms with Gasteiger partial charge in [0.05, 0.1) is 25.0 Å². The number of amides is 3. The van der Waals surface area contributed by atoms with E-state index in [0.29, 0.717) is 29.7 Å². The summed E-state index contributed by atoms with van der Waals surface area (Å²) in [5, 5.41) is 20.2. The Morgan fingerprint density at radius 3 is 2.63 bits per heavy atom. The molecule has 2 N–H and O–H groups in total. The maximum atomic E-state index is 13.9. The molecule has 4 rings (SSSR count). The van der Waals surface area contributed by atoms with Gasteiger partial charge in [-0.15, -0.1) is 0 Å². The van der Waals surface area contributed by atoms with Crippen LogP contribution < -0.4 is 0 Å². The predicted molar refractivity (Wildman–Crippen MR) is 139 cm³/mol. The Labute approximate surface area is 222 Å². The molecule has 204 valence electrons. The number of benzene rings is 1. The summed E-state index contributed by atoms with van der Waals surface area (Å²) >= 11 is 0. The minimum Gasteiger partial charge on any atom is -0.505 e. The van der Waals surface area contributed by atoms with Gasteiger partial charge in [0.2, 0.25) is 11.8 Å². The number of phenolic OH excluding ortho intramolecular Hbond substituents is 1. The monoisotopic (exact) mass is 527 g/mol. The number of nitrogens with zero attached hydrogens (tertiary/aromatic N) is 1. The van der Waals surface area contributed by atoms with Gasteiger partial charge in [-0.1, -0.05) is 50.0 Å². The highest BCUT2D eigenvalue weighted by molar-refractivity contribution is 6.43. The Morgan fingerprint density at radius 1 is 1.21 bits per heavy atom. The van der Waals surface area contributed by atoms with Crippen molar-refractivity contribution >= 4 is 31.1 Å². The van der Waals surface area contributed by atoms with E-state index in [9.17, 15) is 28.9 Å². The zero-order valence-corrected chi connectivity index (χ0v) is 22.1. The van der Waals surface area contributed by atoms with Gasteiger partial charge in [0.25, 0.3) is 0 Å². The fourth-order valence-electron chi connectivity index (χ4n) is 6.33. The van der Waals surface area contributed by atoms with Gasteiger partial charge in [-0.3, -0.25) is 9.59 Å². The van der Waals surface area contributed by atoms with Crippen LogP contribution in [0.4, 0.5) is 9.18 Å². The number of hydrogen-bond acceptors (Lipinski definition) is 7. The average Bonchev–Trinajstić information content (AvgIpc) is 3.13. The van der Waals surface area contributed by atoms with Crippen molar-refractivity contribution in [3.05, 3.63) is 46.3 Å². The molecule has 2 aliphatic heterocycles. The summed E-state index contributed by atoms with van der Waals surface area (Å²) in [7, 11) is 0.0365. The molecule has 2 fully saturated rings. The minimum absolute atomic E-state index is 0.179. The van der Waals surface area contributed by atoms with Crippen molar-refractivity contribution in [2.75, 3.05) is 7.11 Å². The number of methoxy groups -OCH3 is 1. The molecule has 38 heavy (non-hydrogen) atoms. The summed E-state index contributed by atoms with van der Waals surface area (Å²) < 4.78 is 24.6. The molecule has 0 unspecified atom stereocenters. The van der Waals surface area contributed by atoms with E-state index >= 15 is 0 Å². The van der Waals surface area contributed by atoms with Gasteiger partial charge in [0.1, 0.15) is 0 Å². The van der Waals surface area contributed by atoms with Gasteiger partial charge in [-0.2, -0.15) is 4.90 Å². The van der Waals surface area contributed by atoms with Gasteiger partial charge >= 0.3 is 13.2 Å². The zero-order chi connectivity index (χ0) is 27.6. The van der Waals surface area contributed by atoms with Crippen LogP contribution >= 0.6 is 0 Å². The number of carbonyl (C=O) groups excluding carboxylic acids is 3. The number of phenols is 1. The minimum atomic E-state index is -1.10. The van der Waals surface area contributed by atoms with Crippen molar-refractivity contribution in [1.82, 2.24) is 4.90 Å². The molecule has 1 aromatic rings. The maximum absolute atomic E-state index is 13.9. The van der Waals surface area contributed by atoms with Crippen molar-refractivity contribution in [2.45, 2.75) is 71.2 Å². The largest absolute Gasteiger partial charge is 0.505 e. The lowest BCUT2D eigenvalue weighted by atomic mass is 9.58. The molecule has 2 saturated heterocycles. The molecule has 0 radical (unpaired) electrons. The molecular weight excluding hydrogens is 492 g/mol. The van der Waals surface area contributed by atoms with Crippen LogP contribution in [0.2, 0.25) is 6.32 Å². The molecule has 0 aromatic heterocycles. The molecule has 3 amide bonds. The summed E-state index contributed by atoms with van der Waals surface area (Å²) in [6, 6.07) is 4.28. The molecule has 0 bridgehead atoms. The molecule has 8 nitrogen and oxygen atoms in total. The second kappa shape index (κ2) is 11.8. The first-order valence-electron chi connectivity index (χ1n) is 13.4. The van der Waals surface area contributed by atoms with Crippen LogP contribution in [-0.2, 0) is 19.0 Å². The number of rotatable bonds is 8. The average molecular weight is 527 g/mol. The standard InChI is InChI=1S/C28H35BFNO7/c1-4-6-16(12-17-8-10-22(32)21(30)13-17)9-11-23-24-18(7-5-2)14-19-25(20(24)15-29(36)38-23)27(34)31(26(19)33)28(35)37-3/h8,10,12-13,19-20,23,25,32,36H,4-7,9,11,14-15H2,1-3H3/b16-12+/t19-,20+,23-,25-/m1/s1. The Balaban J connectivity index is 1.63. The number of hydrogen-bond donors (Lipinski definition) is 2. The van der Waals surface area contributed by atoms with Gasteiger partial charge < -0.3 is 19.5 Å². The van der Waals surface area contributed by atoms with E-state index in [1.807, 2.05) is 13.0 Å². The van der Waals surface area contributed by atoms with Crippen LogP contribution in [-0.4, -0.2) is 53.3 Å². The molecule has 2 heterocycles. The highest BCUT2D eigenvalue weighted by Crippen LogP contribution is 2.51. The van der Waals surface area contributed by atoms with Crippen LogP contribution in [0.5, 0.6) is 5.75 Å². The number of aromatic hydroxyl groups is 1. The van der Waals surface area contributed by atoms with Crippen LogP contribution in [0.1, 0.15) is 64.4 Å². The Kier molecular flexibility index (Phi) is 8.73. The predicted octanol–water partition coefficient (Wildman–Crippen LogP) is 4.86. The molecule has 1 aliphatic carbocycles. The van der Waals surface area contributed by atoms with E-state index < -0.39 is 60.5 Å². The number of fused-ring (bicyclic) bond motifs is 3. The second-order valence-electron chi connectivity index (χ2n) is 10.4. The van der Waals surface area contributed by atoms with Crippen molar-refractivity contribution in [3.8, 4) is 5.75 Å². The topological polar surface area (TPSA) is 113 Å². The van der Waals surface area contributed by atoms with Gasteiger partial charge in [0.15, 0.2) is 11.6 Å². The number of halogens is 1. The highest BCUT2D eigenvalue weighted by Gasteiger charge is 2.59. The number of likely N-dealkylation sites (tertiary alicyclic amines) is 1. The van der Waals surface area contributed by atoms with Crippen LogP contribution in [0.3, 0.4) is 0 Å². The first-order chi connectivity index (χ1) is 18.2. The normalized spacial score (nSPS) is 25.6. The first kappa shape index (κ1) is 28.0. The molecule has 4 atom stereocenters. The molecule has 1 aromatic carbocycles. The molecular formula is C28H35BFNO7. The Bertz CT molecular complexity index is 1170.